The van der Waals surface area contributed by atoms with E-state index in [1.165, 1.54) is 11.8 Å². The highest BCUT2D eigenvalue weighted by molar-refractivity contribution is 7.99. The summed E-state index contributed by atoms with van der Waals surface area (Å²) in [6.07, 6.45) is -0.197. The highest BCUT2D eigenvalue weighted by Crippen LogP contribution is 2.40. The van der Waals surface area contributed by atoms with E-state index in [0.29, 0.717) is 30.0 Å². The van der Waals surface area contributed by atoms with Crippen molar-refractivity contribution in [2.24, 2.45) is 0 Å². The molecule has 0 spiro atoms. The Hall–Kier alpha value is -4.48. The van der Waals surface area contributed by atoms with Crippen molar-refractivity contribution in [3.63, 3.8) is 0 Å². The maximum Gasteiger partial charge on any atom is 0.336 e. The molecule has 3 atom stereocenters. The van der Waals surface area contributed by atoms with Crippen molar-refractivity contribution in [2.75, 3.05) is 5.75 Å². The molecule has 4 aromatic rings. The Bertz CT molecular complexity index is 1670. The lowest BCUT2D eigenvalue weighted by atomic mass is 9.97. The van der Waals surface area contributed by atoms with E-state index in [2.05, 4.69) is 5.32 Å². The molecule has 0 unspecified atom stereocenters. The normalized spacial score (nSPS) is 17.6. The van der Waals surface area contributed by atoms with Crippen LogP contribution in [0.3, 0.4) is 0 Å². The first-order valence-corrected chi connectivity index (χ1v) is 16.4. The minimum atomic E-state index is -0.972. The Balaban J connectivity index is 1.31. The Labute approximate surface area is 277 Å². The van der Waals surface area contributed by atoms with E-state index in [0.717, 1.165) is 33.4 Å². The molecule has 9 nitrogen and oxygen atoms in total. The van der Waals surface area contributed by atoms with Crippen molar-refractivity contribution in [2.45, 2.75) is 62.2 Å². The number of aliphatic hydroxyl groups is 1. The third-order valence-electron chi connectivity index (χ3n) is 7.94. The fourth-order valence-corrected chi connectivity index (χ4v) is 6.50. The molecule has 0 radical (unpaired) electrons. The number of carbonyl (C=O) groups is 3. The molecule has 1 heterocycles. The number of carboxylic acid groups (broad SMARTS) is 2. The minimum absolute atomic E-state index is 0.0419. The zero-order chi connectivity index (χ0) is 33.2. The van der Waals surface area contributed by atoms with Crippen LogP contribution in [0.2, 0.25) is 0 Å². The molecule has 1 saturated heterocycles. The molecule has 1 amide bonds. The fraction of sp³-hybridized carbons (Fsp3) is 0.270. The van der Waals surface area contributed by atoms with E-state index < -0.39 is 18.2 Å². The first kappa shape index (κ1) is 33.9. The topological polar surface area (TPSA) is 142 Å². The van der Waals surface area contributed by atoms with Crippen LogP contribution in [0.4, 0.5) is 0 Å². The second-order valence-electron chi connectivity index (χ2n) is 11.3. The Morgan fingerprint density at radius 3 is 2.23 bits per heavy atom. The van der Waals surface area contributed by atoms with Gasteiger partial charge in [0.15, 0.2) is 6.29 Å². The van der Waals surface area contributed by atoms with Gasteiger partial charge in [-0.05, 0) is 46.4 Å². The van der Waals surface area contributed by atoms with Crippen molar-refractivity contribution in [1.82, 2.24) is 5.32 Å². The number of carbonyl (C=O) groups excluding carboxylic acids is 1. The second-order valence-corrected chi connectivity index (χ2v) is 12.3. The molecular formula is C37H37NO8S. The summed E-state index contributed by atoms with van der Waals surface area (Å²) in [6, 6.07) is 30.3. The van der Waals surface area contributed by atoms with Crippen LogP contribution >= 0.6 is 11.8 Å². The van der Waals surface area contributed by atoms with Crippen LogP contribution in [0.25, 0.3) is 11.1 Å². The molecule has 0 aromatic heterocycles. The van der Waals surface area contributed by atoms with Gasteiger partial charge in [-0.25, -0.2) is 4.79 Å². The molecule has 0 saturated carbocycles. The third-order valence-corrected chi connectivity index (χ3v) is 9.14. The highest BCUT2D eigenvalue weighted by atomic mass is 32.2. The molecule has 10 heteroatoms. The molecule has 0 bridgehead atoms. The smallest absolute Gasteiger partial charge is 0.336 e. The lowest BCUT2D eigenvalue weighted by Gasteiger charge is -2.36. The number of nitrogens with one attached hydrogen (secondary N) is 1. The van der Waals surface area contributed by atoms with E-state index in [9.17, 15) is 24.6 Å². The van der Waals surface area contributed by atoms with E-state index in [4.69, 9.17) is 14.6 Å². The van der Waals surface area contributed by atoms with Gasteiger partial charge in [0.05, 0.1) is 24.4 Å². The minimum Gasteiger partial charge on any atom is -0.481 e. The van der Waals surface area contributed by atoms with Gasteiger partial charge >= 0.3 is 11.9 Å². The Kier molecular flexibility index (Phi) is 11.8. The number of ether oxygens (including phenoxy) is 2. The zero-order valence-electron chi connectivity index (χ0n) is 25.7. The van der Waals surface area contributed by atoms with Crippen LogP contribution in [0.15, 0.2) is 102 Å². The molecule has 0 aliphatic carbocycles. The van der Waals surface area contributed by atoms with E-state index >= 15 is 0 Å². The number of aliphatic carboxylic acids is 1. The predicted octanol–water partition coefficient (Wildman–Crippen LogP) is 6.75. The van der Waals surface area contributed by atoms with Gasteiger partial charge in [0.2, 0.25) is 5.91 Å². The quantitative estimate of drug-likeness (QED) is 0.109. The average molecular weight is 656 g/mol. The lowest BCUT2D eigenvalue weighted by Crippen LogP contribution is -2.31. The number of thioether (sulfide) groups is 1. The average Bonchev–Trinajstić information content (AvgIpc) is 3.10. The summed E-state index contributed by atoms with van der Waals surface area (Å²) >= 11 is 1.45. The SMILES string of the molecule is O=C(O)CCCC(=O)NCc1ccccc1-c1ccc([C@H]2O[C@@H](CSc3ccccc3C(=O)O)C[C@@H](c3ccc(CO)cc3)O2)cc1. The molecule has 1 aliphatic heterocycles. The molecular weight excluding hydrogens is 618 g/mol. The van der Waals surface area contributed by atoms with E-state index in [1.807, 2.05) is 78.9 Å². The van der Waals surface area contributed by atoms with Crippen LogP contribution in [-0.2, 0) is 32.2 Å². The van der Waals surface area contributed by atoms with Crippen molar-refractivity contribution in [3.05, 3.63) is 125 Å². The standard InChI is InChI=1S/C37H37NO8S/c39-22-24-12-14-26(15-13-24)32-20-29(23-47-33-9-4-3-8-31(33)36(43)44)45-37(46-32)27-18-16-25(17-19-27)30-7-2-1-6-28(30)21-38-34(40)10-5-11-35(41)42/h1-4,6-9,12-19,29,32,37,39H,5,10-11,20-23H2,(H,38,40)(H,41,42)(H,43,44)/t29-,32+,37+/m1/s1. The molecule has 4 aromatic carbocycles. The lowest BCUT2D eigenvalue weighted by molar-refractivity contribution is -0.245. The van der Waals surface area contributed by atoms with Crippen LogP contribution in [-0.4, -0.2) is 45.0 Å². The number of hydrogen-bond donors (Lipinski definition) is 4. The van der Waals surface area contributed by atoms with Crippen LogP contribution in [0, 0.1) is 0 Å². The zero-order valence-corrected chi connectivity index (χ0v) is 26.5. The molecule has 47 heavy (non-hydrogen) atoms. The monoisotopic (exact) mass is 655 g/mol. The number of benzene rings is 4. The highest BCUT2D eigenvalue weighted by Gasteiger charge is 2.32. The number of hydrogen-bond acceptors (Lipinski definition) is 7. The maximum atomic E-state index is 12.3. The third kappa shape index (κ3) is 9.30. The fourth-order valence-electron chi connectivity index (χ4n) is 5.43. The van der Waals surface area contributed by atoms with Crippen LogP contribution in [0.1, 0.15) is 70.7 Å². The van der Waals surface area contributed by atoms with Gasteiger partial charge in [0.1, 0.15) is 0 Å². The Morgan fingerprint density at radius 2 is 1.51 bits per heavy atom. The van der Waals surface area contributed by atoms with Gasteiger partial charge in [-0.3, -0.25) is 9.59 Å². The number of aliphatic hydroxyl groups excluding tert-OH is 1. The molecule has 4 N–H and O–H groups in total. The molecule has 1 fully saturated rings. The van der Waals surface area contributed by atoms with Gasteiger partial charge in [-0.15, -0.1) is 11.8 Å². The van der Waals surface area contributed by atoms with Crippen LogP contribution in [0.5, 0.6) is 0 Å². The van der Waals surface area contributed by atoms with Crippen LogP contribution < -0.4 is 5.32 Å². The van der Waals surface area contributed by atoms with Gasteiger partial charge in [0, 0.05) is 42.0 Å². The van der Waals surface area contributed by atoms with Gasteiger partial charge < -0.3 is 30.1 Å². The predicted molar refractivity (Wildman–Crippen MR) is 178 cm³/mol. The first-order valence-electron chi connectivity index (χ1n) is 15.4. The summed E-state index contributed by atoms with van der Waals surface area (Å²) in [6.45, 7) is 0.272. The van der Waals surface area contributed by atoms with E-state index in [1.54, 1.807) is 18.2 Å². The van der Waals surface area contributed by atoms with Gasteiger partial charge in [-0.1, -0.05) is 84.9 Å². The van der Waals surface area contributed by atoms with Crippen molar-refractivity contribution in [1.29, 1.82) is 0 Å². The number of carboxylic acids is 2. The number of aromatic carboxylic acids is 1. The summed E-state index contributed by atoms with van der Waals surface area (Å²) in [5, 5.41) is 30.8. The van der Waals surface area contributed by atoms with Crippen molar-refractivity contribution >= 4 is 29.6 Å². The maximum absolute atomic E-state index is 12.3. The first-order chi connectivity index (χ1) is 22.8. The summed E-state index contributed by atoms with van der Waals surface area (Å²) in [5.41, 5.74) is 5.70. The van der Waals surface area contributed by atoms with Crippen molar-refractivity contribution < 1.29 is 39.2 Å². The number of amides is 1. The molecule has 1 aliphatic rings. The molecule has 244 valence electrons. The summed E-state index contributed by atoms with van der Waals surface area (Å²) in [5.74, 6) is -1.55. The summed E-state index contributed by atoms with van der Waals surface area (Å²) < 4.78 is 12.9. The second kappa shape index (κ2) is 16.4. The van der Waals surface area contributed by atoms with Crippen molar-refractivity contribution in [3.8, 4) is 11.1 Å². The van der Waals surface area contributed by atoms with E-state index in [-0.39, 0.29) is 43.1 Å². The largest absolute Gasteiger partial charge is 0.481 e. The number of rotatable bonds is 14. The van der Waals surface area contributed by atoms with Gasteiger partial charge in [-0.2, -0.15) is 0 Å². The molecule has 5 rings (SSSR count). The summed E-state index contributed by atoms with van der Waals surface area (Å²) in [4.78, 5) is 35.4. The summed E-state index contributed by atoms with van der Waals surface area (Å²) in [7, 11) is 0. The Morgan fingerprint density at radius 1 is 0.809 bits per heavy atom. The van der Waals surface area contributed by atoms with Gasteiger partial charge in [0.25, 0.3) is 0 Å².